The van der Waals surface area contributed by atoms with E-state index >= 15 is 0 Å². The van der Waals surface area contributed by atoms with E-state index in [-0.39, 0.29) is 0 Å². The number of nitrogens with one attached hydrogen (secondary N) is 1. The monoisotopic (exact) mass is 248 g/mol. The highest BCUT2D eigenvalue weighted by atomic mass is 14.9. The van der Waals surface area contributed by atoms with Crippen LogP contribution in [0.2, 0.25) is 0 Å². The Morgan fingerprint density at radius 3 is 2.58 bits per heavy atom. The summed E-state index contributed by atoms with van der Waals surface area (Å²) in [5, 5.41) is 12.3. The fourth-order valence-electron chi connectivity index (χ4n) is 2.24. The summed E-state index contributed by atoms with van der Waals surface area (Å²) in [7, 11) is 0. The largest absolute Gasteiger partial charge is 0.381 e. The average Bonchev–Trinajstić information content (AvgIpc) is 3.31. The number of benzene rings is 2. The third-order valence-corrected chi connectivity index (χ3v) is 3.51. The minimum atomic E-state index is 0.711. The molecule has 0 radical (unpaired) electrons. The Hall–Kier alpha value is -2.27. The normalized spacial score (nSPS) is 13.8. The summed E-state index contributed by atoms with van der Waals surface area (Å²) >= 11 is 0. The molecular formula is C17H16N2. The summed E-state index contributed by atoms with van der Waals surface area (Å²) < 4.78 is 0. The zero-order chi connectivity index (χ0) is 13.1. The maximum atomic E-state index is 8.87. The Kier molecular flexibility index (Phi) is 3.20. The second-order valence-corrected chi connectivity index (χ2v) is 5.06. The SMILES string of the molecule is N#Cc1cccc(CNc2ccc(C3CC3)cc2)c1. The van der Waals surface area contributed by atoms with Gasteiger partial charge < -0.3 is 5.32 Å². The predicted molar refractivity (Wildman–Crippen MR) is 76.9 cm³/mol. The molecule has 0 heterocycles. The molecule has 0 spiro atoms. The van der Waals surface area contributed by atoms with Crippen molar-refractivity contribution in [3.8, 4) is 6.07 Å². The van der Waals surface area contributed by atoms with E-state index in [1.165, 1.54) is 18.4 Å². The third kappa shape index (κ3) is 2.95. The highest BCUT2D eigenvalue weighted by Gasteiger charge is 2.22. The molecule has 19 heavy (non-hydrogen) atoms. The molecule has 1 aliphatic rings. The van der Waals surface area contributed by atoms with Crippen molar-refractivity contribution in [2.24, 2.45) is 0 Å². The summed E-state index contributed by atoms with van der Waals surface area (Å²) in [5.41, 5.74) is 4.43. The van der Waals surface area contributed by atoms with Crippen molar-refractivity contribution in [2.45, 2.75) is 25.3 Å². The molecule has 0 bridgehead atoms. The minimum Gasteiger partial charge on any atom is -0.381 e. The van der Waals surface area contributed by atoms with Gasteiger partial charge in [-0.1, -0.05) is 24.3 Å². The van der Waals surface area contributed by atoms with Crippen LogP contribution in [0.4, 0.5) is 5.69 Å². The molecule has 2 heteroatoms. The molecule has 3 rings (SSSR count). The number of anilines is 1. The van der Waals surface area contributed by atoms with Crippen molar-refractivity contribution in [1.29, 1.82) is 5.26 Å². The lowest BCUT2D eigenvalue weighted by atomic mass is 10.1. The van der Waals surface area contributed by atoms with Gasteiger partial charge in [-0.25, -0.2) is 0 Å². The lowest BCUT2D eigenvalue weighted by Gasteiger charge is -2.07. The van der Waals surface area contributed by atoms with E-state index in [2.05, 4.69) is 35.7 Å². The van der Waals surface area contributed by atoms with E-state index in [0.29, 0.717) is 5.56 Å². The van der Waals surface area contributed by atoms with Crippen LogP contribution in [0.15, 0.2) is 48.5 Å². The predicted octanol–water partition coefficient (Wildman–Crippen LogP) is 4.05. The molecule has 2 aromatic rings. The fourth-order valence-corrected chi connectivity index (χ4v) is 2.24. The molecule has 1 aliphatic carbocycles. The molecule has 0 aromatic heterocycles. The third-order valence-electron chi connectivity index (χ3n) is 3.51. The van der Waals surface area contributed by atoms with Crippen molar-refractivity contribution in [3.63, 3.8) is 0 Å². The van der Waals surface area contributed by atoms with Crippen molar-refractivity contribution >= 4 is 5.69 Å². The number of rotatable bonds is 4. The van der Waals surface area contributed by atoms with Crippen LogP contribution in [0.25, 0.3) is 0 Å². The van der Waals surface area contributed by atoms with Crippen molar-refractivity contribution in [3.05, 3.63) is 65.2 Å². The summed E-state index contributed by atoms with van der Waals surface area (Å²) in [6.45, 7) is 0.748. The Labute approximate surface area is 113 Å². The van der Waals surface area contributed by atoms with Crippen LogP contribution < -0.4 is 5.32 Å². The van der Waals surface area contributed by atoms with Crippen LogP contribution in [0.5, 0.6) is 0 Å². The van der Waals surface area contributed by atoms with Gasteiger partial charge in [0.25, 0.3) is 0 Å². The molecular weight excluding hydrogens is 232 g/mol. The van der Waals surface area contributed by atoms with Crippen LogP contribution in [0.1, 0.15) is 35.4 Å². The molecule has 0 saturated heterocycles. The number of hydrogen-bond acceptors (Lipinski definition) is 2. The summed E-state index contributed by atoms with van der Waals surface area (Å²) in [6, 6.07) is 18.6. The van der Waals surface area contributed by atoms with E-state index in [4.69, 9.17) is 5.26 Å². The summed E-state index contributed by atoms with van der Waals surface area (Å²) in [4.78, 5) is 0. The molecule has 1 saturated carbocycles. The van der Waals surface area contributed by atoms with Gasteiger partial charge in [0.1, 0.15) is 0 Å². The van der Waals surface area contributed by atoms with Gasteiger partial charge in [0, 0.05) is 12.2 Å². The highest BCUT2D eigenvalue weighted by Crippen LogP contribution is 2.40. The van der Waals surface area contributed by atoms with Crippen molar-refractivity contribution in [1.82, 2.24) is 0 Å². The van der Waals surface area contributed by atoms with Crippen molar-refractivity contribution in [2.75, 3.05) is 5.32 Å². The molecule has 0 amide bonds. The van der Waals surface area contributed by atoms with Gasteiger partial charge in [-0.05, 0) is 54.2 Å². The van der Waals surface area contributed by atoms with Crippen LogP contribution >= 0.6 is 0 Å². The summed E-state index contributed by atoms with van der Waals surface area (Å²) in [5.74, 6) is 0.807. The van der Waals surface area contributed by atoms with E-state index < -0.39 is 0 Å². The van der Waals surface area contributed by atoms with Crippen LogP contribution in [0, 0.1) is 11.3 Å². The van der Waals surface area contributed by atoms with Gasteiger partial charge in [0.05, 0.1) is 11.6 Å². The van der Waals surface area contributed by atoms with E-state index in [9.17, 15) is 0 Å². The Morgan fingerprint density at radius 1 is 1.11 bits per heavy atom. The van der Waals surface area contributed by atoms with E-state index in [1.54, 1.807) is 0 Å². The molecule has 2 nitrogen and oxygen atoms in total. The fraction of sp³-hybridized carbons (Fsp3) is 0.235. The van der Waals surface area contributed by atoms with Gasteiger partial charge in [0.15, 0.2) is 0 Å². The number of nitriles is 1. The number of hydrogen-bond donors (Lipinski definition) is 1. The van der Waals surface area contributed by atoms with Crippen LogP contribution in [-0.4, -0.2) is 0 Å². The molecule has 0 aliphatic heterocycles. The molecule has 1 fully saturated rings. The van der Waals surface area contributed by atoms with Crippen molar-refractivity contribution < 1.29 is 0 Å². The first-order valence-electron chi connectivity index (χ1n) is 6.68. The zero-order valence-electron chi connectivity index (χ0n) is 10.8. The first-order chi connectivity index (χ1) is 9.35. The first-order valence-corrected chi connectivity index (χ1v) is 6.68. The Bertz CT molecular complexity index is 604. The lowest BCUT2D eigenvalue weighted by molar-refractivity contribution is 1.12. The molecule has 94 valence electrons. The second-order valence-electron chi connectivity index (χ2n) is 5.06. The van der Waals surface area contributed by atoms with Gasteiger partial charge in [-0.3, -0.25) is 0 Å². The van der Waals surface area contributed by atoms with E-state index in [1.807, 2.05) is 24.3 Å². The maximum Gasteiger partial charge on any atom is 0.0991 e. The highest BCUT2D eigenvalue weighted by molar-refractivity contribution is 5.46. The quantitative estimate of drug-likeness (QED) is 0.886. The molecule has 2 aromatic carbocycles. The number of nitrogens with zero attached hydrogens (tertiary/aromatic N) is 1. The van der Waals surface area contributed by atoms with Crippen LogP contribution in [-0.2, 0) is 6.54 Å². The zero-order valence-corrected chi connectivity index (χ0v) is 10.8. The topological polar surface area (TPSA) is 35.8 Å². The molecule has 0 unspecified atom stereocenters. The van der Waals surface area contributed by atoms with Crippen LogP contribution in [0.3, 0.4) is 0 Å². The summed E-state index contributed by atoms with van der Waals surface area (Å²) in [6.07, 6.45) is 2.68. The maximum absolute atomic E-state index is 8.87. The lowest BCUT2D eigenvalue weighted by Crippen LogP contribution is -1.99. The standard InChI is InChI=1S/C17H16N2/c18-11-13-2-1-3-14(10-13)12-19-17-8-6-16(7-9-17)15-4-5-15/h1-3,6-10,15,19H,4-5,12H2. The first kappa shape index (κ1) is 11.8. The minimum absolute atomic E-state index is 0.711. The van der Waals surface area contributed by atoms with Gasteiger partial charge >= 0.3 is 0 Å². The second kappa shape index (κ2) is 5.16. The Morgan fingerprint density at radius 2 is 1.89 bits per heavy atom. The van der Waals surface area contributed by atoms with Gasteiger partial charge in [-0.2, -0.15) is 5.26 Å². The van der Waals surface area contributed by atoms with Gasteiger partial charge in [-0.15, -0.1) is 0 Å². The smallest absolute Gasteiger partial charge is 0.0991 e. The molecule has 1 N–H and O–H groups in total. The Balaban J connectivity index is 1.63. The van der Waals surface area contributed by atoms with Gasteiger partial charge in [0.2, 0.25) is 0 Å². The molecule has 0 atom stereocenters. The van der Waals surface area contributed by atoms with E-state index in [0.717, 1.165) is 23.7 Å². The average molecular weight is 248 g/mol.